The minimum absolute atomic E-state index is 0. The molecule has 0 aromatic heterocycles. The van der Waals surface area contributed by atoms with Crippen LogP contribution < -0.4 is 34.7 Å². The third kappa shape index (κ3) is 10.7. The Kier molecular flexibility index (Phi) is 8.15. The van der Waals surface area contributed by atoms with Crippen LogP contribution >= 0.6 is 0 Å². The monoisotopic (exact) mass is 109 g/mol. The molecule has 0 aromatic carbocycles. The molecular formula is C2NNaO3. The largest absolute Gasteiger partial charge is 1.00 e. The molecule has 0 saturated heterocycles. The van der Waals surface area contributed by atoms with E-state index in [1.54, 1.807) is 0 Å². The molecule has 0 bridgehead atoms. The summed E-state index contributed by atoms with van der Waals surface area (Å²) in [5, 5.41) is 16.4. The van der Waals surface area contributed by atoms with Gasteiger partial charge in [-0.1, -0.05) is 0 Å². The average molecular weight is 109 g/mol. The van der Waals surface area contributed by atoms with Crippen molar-refractivity contribution in [3.8, 4) is 6.26 Å². The summed E-state index contributed by atoms with van der Waals surface area (Å²) in [5.41, 5.74) is 0. The van der Waals surface area contributed by atoms with E-state index in [1.165, 1.54) is 0 Å². The summed E-state index contributed by atoms with van der Waals surface area (Å²) in [6.45, 7) is 0. The number of rotatable bonds is 0. The zero-order valence-electron chi connectivity index (χ0n) is 3.67. The molecule has 7 heavy (non-hydrogen) atoms. The molecule has 0 atom stereocenters. The van der Waals surface area contributed by atoms with E-state index in [1.807, 2.05) is 0 Å². The molecule has 0 radical (unpaired) electrons. The van der Waals surface area contributed by atoms with Crippen molar-refractivity contribution in [3.05, 3.63) is 0 Å². The Morgan fingerprint density at radius 2 is 2.29 bits per heavy atom. The Hall–Kier alpha value is -0.240. The van der Waals surface area contributed by atoms with Gasteiger partial charge in [0.25, 0.3) is 6.16 Å². The standard InChI is InChI=1S/C2HNO3.Na/c3-1-6-2(4)5;/h(H,4,5);/q;+1/p-1. The number of hydrogen-bond donors (Lipinski definition) is 0. The molecule has 5 heteroatoms. The second kappa shape index (κ2) is 5.76. The molecule has 0 heterocycles. The number of carbonyl (C=O) groups is 1. The van der Waals surface area contributed by atoms with E-state index >= 15 is 0 Å². The van der Waals surface area contributed by atoms with Gasteiger partial charge in [0.05, 0.1) is 0 Å². The molecule has 0 unspecified atom stereocenters. The van der Waals surface area contributed by atoms with E-state index in [-0.39, 0.29) is 29.6 Å². The predicted molar refractivity (Wildman–Crippen MR) is 12.1 cm³/mol. The van der Waals surface area contributed by atoms with Crippen molar-refractivity contribution in [2.24, 2.45) is 0 Å². The second-order valence-corrected chi connectivity index (χ2v) is 0.443. The maximum Gasteiger partial charge on any atom is 1.00 e. The molecular weight excluding hydrogens is 109 g/mol. The van der Waals surface area contributed by atoms with Gasteiger partial charge >= 0.3 is 29.6 Å². The smallest absolute Gasteiger partial charge is 0.445 e. The van der Waals surface area contributed by atoms with Crippen molar-refractivity contribution in [1.29, 1.82) is 5.26 Å². The number of nitriles is 1. The molecule has 0 N–H and O–H groups in total. The van der Waals surface area contributed by atoms with Gasteiger partial charge in [0, 0.05) is 0 Å². The first-order chi connectivity index (χ1) is 2.77. The van der Waals surface area contributed by atoms with E-state index in [4.69, 9.17) is 15.2 Å². The Morgan fingerprint density at radius 3 is 2.29 bits per heavy atom. The van der Waals surface area contributed by atoms with E-state index in [9.17, 15) is 0 Å². The summed E-state index contributed by atoms with van der Waals surface area (Å²) < 4.78 is 3.15. The fourth-order valence-corrected chi connectivity index (χ4v) is 0.0373. The normalized spacial score (nSPS) is 5.00. The van der Waals surface area contributed by atoms with Crippen LogP contribution in [0.25, 0.3) is 0 Å². The van der Waals surface area contributed by atoms with Crippen molar-refractivity contribution >= 4 is 6.16 Å². The van der Waals surface area contributed by atoms with Gasteiger partial charge in [0.1, 0.15) is 0 Å². The van der Waals surface area contributed by atoms with Crippen LogP contribution in [0.5, 0.6) is 0 Å². The minimum atomic E-state index is -1.82. The van der Waals surface area contributed by atoms with Crippen molar-refractivity contribution in [2.75, 3.05) is 0 Å². The van der Waals surface area contributed by atoms with Gasteiger partial charge in [-0.2, -0.15) is 5.26 Å². The van der Waals surface area contributed by atoms with Crippen LogP contribution in [-0.2, 0) is 4.74 Å². The van der Waals surface area contributed by atoms with Crippen molar-refractivity contribution in [1.82, 2.24) is 0 Å². The van der Waals surface area contributed by atoms with Crippen molar-refractivity contribution in [2.45, 2.75) is 0 Å². The third-order valence-electron chi connectivity index (χ3n) is 0.129. The van der Waals surface area contributed by atoms with Gasteiger partial charge in [-0.3, -0.25) is 0 Å². The molecule has 0 aliphatic carbocycles. The van der Waals surface area contributed by atoms with Gasteiger partial charge < -0.3 is 14.6 Å². The first kappa shape index (κ1) is 9.90. The van der Waals surface area contributed by atoms with E-state index in [2.05, 4.69) is 4.74 Å². The summed E-state index contributed by atoms with van der Waals surface area (Å²) in [6.07, 6.45) is -0.917. The summed E-state index contributed by atoms with van der Waals surface area (Å²) in [6, 6.07) is 0. The molecule has 0 rings (SSSR count). The van der Waals surface area contributed by atoms with Gasteiger partial charge in [-0.25, -0.2) is 0 Å². The average Bonchev–Trinajstić information content (AvgIpc) is 1.35. The van der Waals surface area contributed by atoms with Crippen LogP contribution in [0.2, 0.25) is 0 Å². The summed E-state index contributed by atoms with van der Waals surface area (Å²) >= 11 is 0. The van der Waals surface area contributed by atoms with Crippen LogP contribution in [0, 0.1) is 11.5 Å². The van der Waals surface area contributed by atoms with Crippen LogP contribution in [-0.4, -0.2) is 6.16 Å². The molecule has 4 nitrogen and oxygen atoms in total. The SMILES string of the molecule is N#COC(=O)[O-].[Na+]. The minimum Gasteiger partial charge on any atom is -0.445 e. The summed E-state index contributed by atoms with van der Waals surface area (Å²) in [4.78, 5) is 9.04. The molecule has 0 spiro atoms. The number of carbonyl (C=O) groups excluding carboxylic acids is 1. The van der Waals surface area contributed by atoms with Crippen molar-refractivity contribution < 1.29 is 44.2 Å². The first-order valence-corrected chi connectivity index (χ1v) is 1.04. The van der Waals surface area contributed by atoms with Gasteiger partial charge in [-0.05, 0) is 0 Å². The molecule has 0 aromatic rings. The van der Waals surface area contributed by atoms with E-state index < -0.39 is 6.16 Å². The zero-order valence-corrected chi connectivity index (χ0v) is 5.67. The number of hydrogen-bond acceptors (Lipinski definition) is 4. The molecule has 0 amide bonds. The molecule has 0 aliphatic heterocycles. The molecule has 32 valence electrons. The molecule has 0 fully saturated rings. The number of nitrogens with zero attached hydrogens (tertiary/aromatic N) is 1. The molecule has 0 saturated carbocycles. The van der Waals surface area contributed by atoms with Crippen LogP contribution in [0.15, 0.2) is 0 Å². The second-order valence-electron chi connectivity index (χ2n) is 0.443. The first-order valence-electron chi connectivity index (χ1n) is 1.04. The fraction of sp³-hybridized carbons (Fsp3) is 0. The van der Waals surface area contributed by atoms with Gasteiger partial charge in [0.2, 0.25) is 6.26 Å². The van der Waals surface area contributed by atoms with Gasteiger partial charge in [-0.15, -0.1) is 0 Å². The van der Waals surface area contributed by atoms with E-state index in [0.717, 1.165) is 6.26 Å². The van der Waals surface area contributed by atoms with Crippen molar-refractivity contribution in [3.63, 3.8) is 0 Å². The summed E-state index contributed by atoms with van der Waals surface area (Å²) in [7, 11) is 0. The summed E-state index contributed by atoms with van der Waals surface area (Å²) in [5.74, 6) is 0. The Balaban J connectivity index is 0. The van der Waals surface area contributed by atoms with Crippen LogP contribution in [0.3, 0.4) is 0 Å². The quantitative estimate of drug-likeness (QED) is 0.180. The maximum atomic E-state index is 9.04. The van der Waals surface area contributed by atoms with Crippen LogP contribution in [0.4, 0.5) is 4.79 Å². The third-order valence-corrected chi connectivity index (χ3v) is 0.129. The Labute approximate surface area is 62.0 Å². The zero-order chi connectivity index (χ0) is 4.99. The number of ether oxygens (including phenoxy) is 1. The maximum absolute atomic E-state index is 9.04. The topological polar surface area (TPSA) is 73.1 Å². The Morgan fingerprint density at radius 1 is 1.86 bits per heavy atom. The fourth-order valence-electron chi connectivity index (χ4n) is 0.0373. The Bertz CT molecular complexity index is 95.6. The number of carboxylic acid groups (broad SMARTS) is 1. The molecule has 0 aliphatic rings. The van der Waals surface area contributed by atoms with Crippen LogP contribution in [0.1, 0.15) is 0 Å². The van der Waals surface area contributed by atoms with E-state index in [0.29, 0.717) is 0 Å². The van der Waals surface area contributed by atoms with Gasteiger partial charge in [0.15, 0.2) is 0 Å². The predicted octanol–water partition coefficient (Wildman–Crippen LogP) is -4.17.